The molecular weight excluding hydrogens is 226 g/mol. The highest BCUT2D eigenvalue weighted by Crippen LogP contribution is 2.27. The van der Waals surface area contributed by atoms with Crippen LogP contribution in [0.3, 0.4) is 0 Å². The number of hydrogen-bond donors (Lipinski definition) is 3. The normalized spacial score (nSPS) is 28.5. The highest BCUT2D eigenvalue weighted by molar-refractivity contribution is 5.35. The first-order chi connectivity index (χ1) is 8.02. The molecule has 0 saturated carbocycles. The Balaban J connectivity index is 2.30. The topological polar surface area (TPSA) is 111 Å². The SMILES string of the molecule is Cc1cn([C@H]2C[C@@H](O)[C@@H](CO)O2)c(=O)nc1N. The van der Waals surface area contributed by atoms with E-state index >= 15 is 0 Å². The van der Waals surface area contributed by atoms with E-state index in [1.54, 1.807) is 13.1 Å². The zero-order valence-corrected chi connectivity index (χ0v) is 9.41. The van der Waals surface area contributed by atoms with Gasteiger partial charge in [0.1, 0.15) is 18.1 Å². The molecule has 0 aromatic carbocycles. The molecule has 1 aliphatic heterocycles. The molecule has 4 N–H and O–H groups in total. The van der Waals surface area contributed by atoms with Crippen LogP contribution in [0.15, 0.2) is 11.0 Å². The molecule has 0 aliphatic carbocycles. The molecule has 1 aromatic rings. The van der Waals surface area contributed by atoms with Crippen LogP contribution < -0.4 is 11.4 Å². The highest BCUT2D eigenvalue weighted by Gasteiger charge is 2.35. The average Bonchev–Trinajstić information content (AvgIpc) is 2.65. The third-order valence-corrected chi connectivity index (χ3v) is 2.87. The number of aryl methyl sites for hydroxylation is 1. The minimum Gasteiger partial charge on any atom is -0.394 e. The van der Waals surface area contributed by atoms with Crippen molar-refractivity contribution in [3.05, 3.63) is 22.2 Å². The lowest BCUT2D eigenvalue weighted by Crippen LogP contribution is -2.28. The van der Waals surface area contributed by atoms with E-state index in [2.05, 4.69) is 4.98 Å². The smallest absolute Gasteiger partial charge is 0.351 e. The van der Waals surface area contributed by atoms with Crippen molar-refractivity contribution >= 4 is 5.82 Å². The fourth-order valence-electron chi connectivity index (χ4n) is 1.84. The second-order valence-electron chi connectivity index (χ2n) is 4.11. The lowest BCUT2D eigenvalue weighted by Gasteiger charge is -2.15. The molecule has 0 spiro atoms. The molecular formula is C10H15N3O4. The maximum absolute atomic E-state index is 11.6. The summed E-state index contributed by atoms with van der Waals surface area (Å²) in [6.07, 6.45) is -0.265. The van der Waals surface area contributed by atoms with Gasteiger partial charge in [-0.2, -0.15) is 4.98 Å². The Morgan fingerprint density at radius 1 is 1.71 bits per heavy atom. The number of aliphatic hydroxyl groups is 2. The van der Waals surface area contributed by atoms with E-state index in [0.717, 1.165) is 0 Å². The summed E-state index contributed by atoms with van der Waals surface area (Å²) < 4.78 is 6.65. The molecule has 17 heavy (non-hydrogen) atoms. The number of nitrogen functional groups attached to an aromatic ring is 1. The van der Waals surface area contributed by atoms with E-state index in [1.807, 2.05) is 0 Å². The van der Waals surface area contributed by atoms with Gasteiger partial charge in [-0.15, -0.1) is 0 Å². The number of ether oxygens (including phenoxy) is 1. The minimum atomic E-state index is -0.783. The van der Waals surface area contributed by atoms with E-state index in [9.17, 15) is 9.90 Å². The molecule has 3 atom stereocenters. The molecule has 0 bridgehead atoms. The van der Waals surface area contributed by atoms with Gasteiger partial charge in [-0.05, 0) is 6.92 Å². The summed E-state index contributed by atoms with van der Waals surface area (Å²) in [5.41, 5.74) is 5.65. The predicted molar refractivity (Wildman–Crippen MR) is 59.3 cm³/mol. The Hall–Kier alpha value is -1.44. The highest BCUT2D eigenvalue weighted by atomic mass is 16.5. The van der Waals surface area contributed by atoms with Crippen LogP contribution >= 0.6 is 0 Å². The van der Waals surface area contributed by atoms with Crippen molar-refractivity contribution < 1.29 is 14.9 Å². The summed E-state index contributed by atoms with van der Waals surface area (Å²) in [7, 11) is 0. The molecule has 0 radical (unpaired) electrons. The number of aliphatic hydroxyl groups excluding tert-OH is 2. The number of aromatic nitrogens is 2. The van der Waals surface area contributed by atoms with Crippen molar-refractivity contribution in [3.8, 4) is 0 Å². The standard InChI is InChI=1S/C10H15N3O4/c1-5-3-13(10(16)12-9(5)11)8-2-6(15)7(4-14)17-8/h3,6-8,14-15H,2,4H2,1H3,(H2,11,12,16)/t6-,7-,8-/m1/s1. The van der Waals surface area contributed by atoms with Gasteiger partial charge in [0, 0.05) is 18.2 Å². The van der Waals surface area contributed by atoms with Crippen LogP contribution in [-0.4, -0.2) is 38.6 Å². The van der Waals surface area contributed by atoms with Crippen LogP contribution in [0.1, 0.15) is 18.2 Å². The van der Waals surface area contributed by atoms with Crippen molar-refractivity contribution in [2.75, 3.05) is 12.3 Å². The quantitative estimate of drug-likeness (QED) is 0.598. The summed E-state index contributed by atoms with van der Waals surface area (Å²) >= 11 is 0. The van der Waals surface area contributed by atoms with Crippen molar-refractivity contribution in [2.24, 2.45) is 0 Å². The Labute approximate surface area is 97.5 Å². The first-order valence-electron chi connectivity index (χ1n) is 5.32. The van der Waals surface area contributed by atoms with Crippen LogP contribution in [0.5, 0.6) is 0 Å². The molecule has 1 saturated heterocycles. The van der Waals surface area contributed by atoms with Gasteiger partial charge in [0.25, 0.3) is 0 Å². The molecule has 1 aromatic heterocycles. The maximum atomic E-state index is 11.6. The molecule has 0 unspecified atom stereocenters. The van der Waals surface area contributed by atoms with Crippen LogP contribution in [0, 0.1) is 6.92 Å². The van der Waals surface area contributed by atoms with Gasteiger partial charge in [-0.25, -0.2) is 4.79 Å². The summed E-state index contributed by atoms with van der Waals surface area (Å²) in [6.45, 7) is 1.45. The van der Waals surface area contributed by atoms with E-state index in [4.69, 9.17) is 15.6 Å². The minimum absolute atomic E-state index is 0.184. The van der Waals surface area contributed by atoms with Crippen molar-refractivity contribution in [3.63, 3.8) is 0 Å². The second kappa shape index (κ2) is 4.44. The zero-order valence-electron chi connectivity index (χ0n) is 9.41. The van der Waals surface area contributed by atoms with Gasteiger partial charge in [-0.3, -0.25) is 4.57 Å². The number of rotatable bonds is 2. The molecule has 1 fully saturated rings. The summed E-state index contributed by atoms with van der Waals surface area (Å²) in [6, 6.07) is 0. The van der Waals surface area contributed by atoms with Crippen molar-refractivity contribution in [1.29, 1.82) is 0 Å². The monoisotopic (exact) mass is 241 g/mol. The maximum Gasteiger partial charge on any atom is 0.351 e. The zero-order chi connectivity index (χ0) is 12.6. The molecule has 7 nitrogen and oxygen atoms in total. The molecule has 0 amide bonds. The van der Waals surface area contributed by atoms with E-state index in [-0.39, 0.29) is 18.8 Å². The van der Waals surface area contributed by atoms with Gasteiger partial charge >= 0.3 is 5.69 Å². The van der Waals surface area contributed by atoms with Crippen LogP contribution in [-0.2, 0) is 4.74 Å². The number of nitrogens with zero attached hydrogens (tertiary/aromatic N) is 2. The van der Waals surface area contributed by atoms with Crippen LogP contribution in [0.25, 0.3) is 0 Å². The number of anilines is 1. The Morgan fingerprint density at radius 2 is 2.41 bits per heavy atom. The fraction of sp³-hybridized carbons (Fsp3) is 0.600. The molecule has 1 aliphatic rings. The summed E-state index contributed by atoms with van der Waals surface area (Å²) in [4.78, 5) is 15.3. The van der Waals surface area contributed by atoms with Crippen molar-refractivity contribution in [1.82, 2.24) is 9.55 Å². The molecule has 94 valence electrons. The lowest BCUT2D eigenvalue weighted by atomic mass is 10.2. The van der Waals surface area contributed by atoms with Crippen LogP contribution in [0.4, 0.5) is 5.82 Å². The first-order valence-corrected chi connectivity index (χ1v) is 5.32. The summed E-state index contributed by atoms with van der Waals surface area (Å²) in [5.74, 6) is 0.184. The molecule has 7 heteroatoms. The Kier molecular flexibility index (Phi) is 3.14. The van der Waals surface area contributed by atoms with E-state index < -0.39 is 24.1 Å². The largest absolute Gasteiger partial charge is 0.394 e. The lowest BCUT2D eigenvalue weighted by molar-refractivity contribution is -0.0459. The van der Waals surface area contributed by atoms with Gasteiger partial charge in [0.15, 0.2) is 0 Å². The third-order valence-electron chi connectivity index (χ3n) is 2.87. The molecule has 2 rings (SSSR count). The third kappa shape index (κ3) is 2.17. The molecule has 2 heterocycles. The Bertz CT molecular complexity index is 473. The second-order valence-corrected chi connectivity index (χ2v) is 4.11. The van der Waals surface area contributed by atoms with E-state index in [1.165, 1.54) is 4.57 Å². The predicted octanol–water partition coefficient (Wildman–Crippen LogP) is -1.23. The van der Waals surface area contributed by atoms with Gasteiger partial charge in [0.2, 0.25) is 0 Å². The first kappa shape index (κ1) is 12.0. The number of nitrogens with two attached hydrogens (primary N) is 1. The van der Waals surface area contributed by atoms with E-state index in [0.29, 0.717) is 5.56 Å². The van der Waals surface area contributed by atoms with Crippen LogP contribution in [0.2, 0.25) is 0 Å². The van der Waals surface area contributed by atoms with Gasteiger partial charge in [-0.1, -0.05) is 0 Å². The van der Waals surface area contributed by atoms with Gasteiger partial charge in [0.05, 0.1) is 12.7 Å². The van der Waals surface area contributed by atoms with Gasteiger partial charge < -0.3 is 20.7 Å². The fourth-order valence-corrected chi connectivity index (χ4v) is 1.84. The number of hydrogen-bond acceptors (Lipinski definition) is 6. The van der Waals surface area contributed by atoms with Crippen molar-refractivity contribution in [2.45, 2.75) is 31.8 Å². The summed E-state index contributed by atoms with van der Waals surface area (Å²) in [5, 5.41) is 18.6. The Morgan fingerprint density at radius 3 is 3.00 bits per heavy atom. The average molecular weight is 241 g/mol.